The van der Waals surface area contributed by atoms with Crippen LogP contribution in [-0.2, 0) is 17.8 Å². The molecule has 0 aliphatic carbocycles. The van der Waals surface area contributed by atoms with Crippen molar-refractivity contribution in [2.75, 3.05) is 26.2 Å². The van der Waals surface area contributed by atoms with Gasteiger partial charge in [-0.05, 0) is 87.0 Å². The molecule has 3 rings (SSSR count). The molecular formula is C26H36N2O4. The molecule has 1 aliphatic rings. The number of phenolic OH excluding ortho intramolecular Hbond substituents is 2. The van der Waals surface area contributed by atoms with Crippen molar-refractivity contribution in [1.82, 2.24) is 10.2 Å². The van der Waals surface area contributed by atoms with Gasteiger partial charge in [-0.25, -0.2) is 0 Å². The summed E-state index contributed by atoms with van der Waals surface area (Å²) in [6.45, 7) is 4.55. The van der Waals surface area contributed by atoms with Gasteiger partial charge in [0.05, 0.1) is 6.61 Å². The first kappa shape index (κ1) is 23.9. The Bertz CT molecular complexity index is 849. The van der Waals surface area contributed by atoms with Gasteiger partial charge in [-0.1, -0.05) is 24.6 Å². The van der Waals surface area contributed by atoms with Crippen LogP contribution >= 0.6 is 0 Å². The fraction of sp³-hybridized carbons (Fsp3) is 0.500. The Morgan fingerprint density at radius 1 is 0.938 bits per heavy atom. The van der Waals surface area contributed by atoms with E-state index in [4.69, 9.17) is 4.74 Å². The van der Waals surface area contributed by atoms with Crippen LogP contribution in [0.1, 0.15) is 56.1 Å². The lowest BCUT2D eigenvalue weighted by molar-refractivity contribution is -0.121. The van der Waals surface area contributed by atoms with Crippen LogP contribution in [0.4, 0.5) is 0 Å². The summed E-state index contributed by atoms with van der Waals surface area (Å²) in [6.07, 6.45) is 7.61. The summed E-state index contributed by atoms with van der Waals surface area (Å²) in [7, 11) is 0. The number of aromatic hydroxyl groups is 2. The Balaban J connectivity index is 1.24. The predicted molar refractivity (Wildman–Crippen MR) is 126 cm³/mol. The molecule has 1 fully saturated rings. The molecule has 0 radical (unpaired) electrons. The SMILES string of the molecule is O=C(CCCCc1ccc(O)c(O)c1)NCCCOc1cccc(CN2CCCCC2)c1. The molecule has 6 nitrogen and oxygen atoms in total. The number of ether oxygens (including phenoxy) is 1. The van der Waals surface area contributed by atoms with Crippen LogP contribution < -0.4 is 10.1 Å². The molecule has 1 aliphatic heterocycles. The van der Waals surface area contributed by atoms with Gasteiger partial charge in [0.2, 0.25) is 5.91 Å². The zero-order valence-electron chi connectivity index (χ0n) is 18.9. The number of rotatable bonds is 12. The number of aryl methyl sites for hydroxylation is 1. The number of likely N-dealkylation sites (tertiary alicyclic amines) is 1. The van der Waals surface area contributed by atoms with Crippen molar-refractivity contribution in [3.63, 3.8) is 0 Å². The fourth-order valence-electron chi connectivity index (χ4n) is 4.03. The van der Waals surface area contributed by atoms with E-state index >= 15 is 0 Å². The third-order valence-electron chi connectivity index (χ3n) is 5.82. The highest BCUT2D eigenvalue weighted by molar-refractivity contribution is 5.75. The molecule has 0 aromatic heterocycles. The van der Waals surface area contributed by atoms with Crippen LogP contribution in [-0.4, -0.2) is 47.3 Å². The Morgan fingerprint density at radius 3 is 2.59 bits per heavy atom. The van der Waals surface area contributed by atoms with E-state index in [9.17, 15) is 15.0 Å². The van der Waals surface area contributed by atoms with Gasteiger partial charge in [-0.2, -0.15) is 0 Å². The van der Waals surface area contributed by atoms with Crippen LogP contribution in [0.15, 0.2) is 42.5 Å². The van der Waals surface area contributed by atoms with Crippen molar-refractivity contribution < 1.29 is 19.7 Å². The van der Waals surface area contributed by atoms with E-state index in [1.807, 2.05) is 6.07 Å². The molecule has 174 valence electrons. The normalized spacial score (nSPS) is 14.2. The third kappa shape index (κ3) is 8.42. The zero-order chi connectivity index (χ0) is 22.6. The van der Waals surface area contributed by atoms with Gasteiger partial charge in [0.1, 0.15) is 5.75 Å². The first-order valence-electron chi connectivity index (χ1n) is 11.8. The number of unbranched alkanes of at least 4 members (excludes halogenated alkanes) is 1. The topological polar surface area (TPSA) is 82.0 Å². The number of piperidine rings is 1. The zero-order valence-corrected chi connectivity index (χ0v) is 18.9. The first-order chi connectivity index (χ1) is 15.6. The number of carbonyl (C=O) groups excluding carboxylic acids is 1. The first-order valence-corrected chi connectivity index (χ1v) is 11.8. The summed E-state index contributed by atoms with van der Waals surface area (Å²) in [5.41, 5.74) is 2.25. The van der Waals surface area contributed by atoms with Gasteiger partial charge in [0.25, 0.3) is 0 Å². The minimum atomic E-state index is -0.109. The number of phenols is 2. The molecule has 0 unspecified atom stereocenters. The van der Waals surface area contributed by atoms with Gasteiger partial charge in [0, 0.05) is 19.5 Å². The monoisotopic (exact) mass is 440 g/mol. The molecule has 0 spiro atoms. The molecular weight excluding hydrogens is 404 g/mol. The average molecular weight is 441 g/mol. The average Bonchev–Trinajstić information content (AvgIpc) is 2.80. The standard InChI is InChI=1S/C26H36N2O4/c29-24-13-12-21(19-25(24)30)8-2-3-11-26(31)27-14-7-17-32-23-10-6-9-22(18-23)20-28-15-4-1-5-16-28/h6,9-10,12-13,18-19,29-30H,1-5,7-8,11,14-17,20H2,(H,27,31). The number of hydrogen-bond donors (Lipinski definition) is 3. The van der Waals surface area contributed by atoms with Gasteiger partial charge >= 0.3 is 0 Å². The minimum absolute atomic E-state index is 0.0575. The lowest BCUT2D eigenvalue weighted by Gasteiger charge is -2.26. The Morgan fingerprint density at radius 2 is 1.78 bits per heavy atom. The van der Waals surface area contributed by atoms with Gasteiger partial charge < -0.3 is 20.3 Å². The van der Waals surface area contributed by atoms with E-state index in [2.05, 4.69) is 28.4 Å². The van der Waals surface area contributed by atoms with E-state index in [1.165, 1.54) is 44.0 Å². The molecule has 3 N–H and O–H groups in total. The number of benzene rings is 2. The van der Waals surface area contributed by atoms with Crippen LogP contribution in [0.2, 0.25) is 0 Å². The number of amides is 1. The van der Waals surface area contributed by atoms with Gasteiger partial charge in [-0.15, -0.1) is 0 Å². The number of hydrogen-bond acceptors (Lipinski definition) is 5. The van der Waals surface area contributed by atoms with E-state index in [-0.39, 0.29) is 17.4 Å². The van der Waals surface area contributed by atoms with Crippen molar-refractivity contribution >= 4 is 5.91 Å². The molecule has 2 aromatic carbocycles. The second-order valence-corrected chi connectivity index (χ2v) is 8.57. The molecule has 2 aromatic rings. The lowest BCUT2D eigenvalue weighted by Crippen LogP contribution is -2.29. The molecule has 0 atom stereocenters. The van der Waals surface area contributed by atoms with E-state index in [0.717, 1.165) is 43.5 Å². The third-order valence-corrected chi connectivity index (χ3v) is 5.82. The summed E-state index contributed by atoms with van der Waals surface area (Å²) in [5.74, 6) is 0.742. The van der Waals surface area contributed by atoms with Crippen molar-refractivity contribution in [3.05, 3.63) is 53.6 Å². The van der Waals surface area contributed by atoms with Crippen LogP contribution in [0.5, 0.6) is 17.2 Å². The Hall–Kier alpha value is -2.73. The minimum Gasteiger partial charge on any atom is -0.504 e. The smallest absolute Gasteiger partial charge is 0.219 e. The summed E-state index contributed by atoms with van der Waals surface area (Å²) >= 11 is 0. The van der Waals surface area contributed by atoms with Crippen molar-refractivity contribution in [2.45, 2.75) is 57.9 Å². The highest BCUT2D eigenvalue weighted by Crippen LogP contribution is 2.25. The maximum atomic E-state index is 12.0. The molecule has 32 heavy (non-hydrogen) atoms. The largest absolute Gasteiger partial charge is 0.504 e. The molecule has 0 saturated carbocycles. The number of nitrogens with zero attached hydrogens (tertiary/aromatic N) is 1. The van der Waals surface area contributed by atoms with Crippen LogP contribution in [0.3, 0.4) is 0 Å². The van der Waals surface area contributed by atoms with E-state index in [1.54, 1.807) is 12.1 Å². The summed E-state index contributed by atoms with van der Waals surface area (Å²) < 4.78 is 5.88. The van der Waals surface area contributed by atoms with Crippen molar-refractivity contribution in [3.8, 4) is 17.2 Å². The highest BCUT2D eigenvalue weighted by atomic mass is 16.5. The van der Waals surface area contributed by atoms with Crippen LogP contribution in [0.25, 0.3) is 0 Å². The second kappa shape index (κ2) is 13.0. The second-order valence-electron chi connectivity index (χ2n) is 8.57. The van der Waals surface area contributed by atoms with Crippen LogP contribution in [0, 0.1) is 0 Å². The molecule has 1 saturated heterocycles. The number of nitrogens with one attached hydrogen (secondary N) is 1. The maximum absolute atomic E-state index is 12.0. The molecule has 1 amide bonds. The van der Waals surface area contributed by atoms with Gasteiger partial charge in [0.15, 0.2) is 11.5 Å². The lowest BCUT2D eigenvalue weighted by atomic mass is 10.1. The fourth-order valence-corrected chi connectivity index (χ4v) is 4.03. The number of carbonyl (C=O) groups is 1. The van der Waals surface area contributed by atoms with E-state index in [0.29, 0.717) is 19.6 Å². The Labute approximate surface area is 191 Å². The summed E-state index contributed by atoms with van der Waals surface area (Å²) in [5, 5.41) is 21.8. The molecule has 6 heteroatoms. The van der Waals surface area contributed by atoms with Gasteiger partial charge in [-0.3, -0.25) is 9.69 Å². The summed E-state index contributed by atoms with van der Waals surface area (Å²) in [6, 6.07) is 13.2. The van der Waals surface area contributed by atoms with Crippen molar-refractivity contribution in [1.29, 1.82) is 0 Å². The Kier molecular flexibility index (Phi) is 9.69. The van der Waals surface area contributed by atoms with Crippen molar-refractivity contribution in [2.24, 2.45) is 0 Å². The predicted octanol–water partition coefficient (Wildman–Crippen LogP) is 4.38. The maximum Gasteiger partial charge on any atom is 0.219 e. The quantitative estimate of drug-likeness (QED) is 0.337. The highest BCUT2D eigenvalue weighted by Gasteiger charge is 2.10. The summed E-state index contributed by atoms with van der Waals surface area (Å²) in [4.78, 5) is 14.5. The molecule has 0 bridgehead atoms. The van der Waals surface area contributed by atoms with E-state index < -0.39 is 0 Å². The molecule has 1 heterocycles.